The maximum absolute atomic E-state index is 5.63. The number of aromatic nitrogens is 1. The summed E-state index contributed by atoms with van der Waals surface area (Å²) in [5.74, 6) is 0.959. The van der Waals surface area contributed by atoms with Gasteiger partial charge in [0.2, 0.25) is 0 Å². The third kappa shape index (κ3) is 2.67. The van der Waals surface area contributed by atoms with Gasteiger partial charge in [0.1, 0.15) is 5.75 Å². The van der Waals surface area contributed by atoms with Crippen LogP contribution in [0, 0.1) is 6.92 Å². The molecule has 2 N–H and O–H groups in total. The van der Waals surface area contributed by atoms with Crippen molar-refractivity contribution in [2.75, 3.05) is 32.8 Å². The lowest BCUT2D eigenvalue weighted by atomic mass is 10.1. The van der Waals surface area contributed by atoms with Gasteiger partial charge in [0, 0.05) is 49.3 Å². The molecule has 0 radical (unpaired) electrons. The molecule has 2 heterocycles. The second kappa shape index (κ2) is 5.85. The molecule has 1 aliphatic rings. The third-order valence-corrected chi connectivity index (χ3v) is 3.99. The molecule has 0 unspecified atom stereocenters. The Morgan fingerprint density at radius 3 is 2.80 bits per heavy atom. The number of nitrogens with zero attached hydrogens (tertiary/aromatic N) is 1. The molecule has 4 heteroatoms. The zero-order chi connectivity index (χ0) is 13.9. The summed E-state index contributed by atoms with van der Waals surface area (Å²) in [5, 5.41) is 4.70. The minimum Gasteiger partial charge on any atom is -0.494 e. The largest absolute Gasteiger partial charge is 0.494 e. The first-order valence-electron chi connectivity index (χ1n) is 7.45. The molecule has 0 bridgehead atoms. The van der Waals surface area contributed by atoms with Gasteiger partial charge in [0.05, 0.1) is 6.61 Å². The molecule has 20 heavy (non-hydrogen) atoms. The maximum atomic E-state index is 5.63. The fourth-order valence-corrected chi connectivity index (χ4v) is 2.91. The molecule has 0 saturated carbocycles. The Kier molecular flexibility index (Phi) is 3.94. The van der Waals surface area contributed by atoms with Gasteiger partial charge in [-0.1, -0.05) is 0 Å². The van der Waals surface area contributed by atoms with E-state index in [4.69, 9.17) is 4.74 Å². The van der Waals surface area contributed by atoms with Crippen LogP contribution in [0.2, 0.25) is 0 Å². The van der Waals surface area contributed by atoms with Crippen LogP contribution in [0.1, 0.15) is 18.2 Å². The van der Waals surface area contributed by atoms with Crippen LogP contribution in [0.3, 0.4) is 0 Å². The Morgan fingerprint density at radius 1 is 1.25 bits per heavy atom. The van der Waals surface area contributed by atoms with Crippen LogP contribution in [0.15, 0.2) is 18.2 Å². The highest BCUT2D eigenvalue weighted by atomic mass is 16.5. The molecule has 3 rings (SSSR count). The number of benzene rings is 1. The van der Waals surface area contributed by atoms with Gasteiger partial charge in [-0.25, -0.2) is 0 Å². The standard InChI is InChI=1S/C16H23N3O/c1-3-20-13-4-5-16-14(10-13)15(12(2)18-16)11-19-8-6-17-7-9-19/h4-5,10,17-18H,3,6-9,11H2,1-2H3. The first kappa shape index (κ1) is 13.5. The van der Waals surface area contributed by atoms with E-state index < -0.39 is 0 Å². The lowest BCUT2D eigenvalue weighted by Gasteiger charge is -2.27. The van der Waals surface area contributed by atoms with Crippen LogP contribution in [0.25, 0.3) is 10.9 Å². The van der Waals surface area contributed by atoms with Crippen molar-refractivity contribution < 1.29 is 4.74 Å². The highest BCUT2D eigenvalue weighted by Gasteiger charge is 2.15. The fraction of sp³-hybridized carbons (Fsp3) is 0.500. The van der Waals surface area contributed by atoms with Crippen molar-refractivity contribution in [2.24, 2.45) is 0 Å². The number of nitrogens with one attached hydrogen (secondary N) is 2. The van der Waals surface area contributed by atoms with Crippen molar-refractivity contribution in [1.82, 2.24) is 15.2 Å². The number of hydrogen-bond donors (Lipinski definition) is 2. The number of aromatic amines is 1. The van der Waals surface area contributed by atoms with Crippen LogP contribution >= 0.6 is 0 Å². The molecule has 1 saturated heterocycles. The van der Waals surface area contributed by atoms with E-state index in [2.05, 4.69) is 34.3 Å². The van der Waals surface area contributed by atoms with Gasteiger partial charge in [0.25, 0.3) is 0 Å². The average molecular weight is 273 g/mol. The Hall–Kier alpha value is -1.52. The van der Waals surface area contributed by atoms with Crippen molar-refractivity contribution in [3.8, 4) is 5.75 Å². The van der Waals surface area contributed by atoms with Crippen LogP contribution in [0.4, 0.5) is 0 Å². The lowest BCUT2D eigenvalue weighted by Crippen LogP contribution is -2.42. The maximum Gasteiger partial charge on any atom is 0.120 e. The van der Waals surface area contributed by atoms with Gasteiger partial charge in [-0.05, 0) is 37.6 Å². The molecule has 1 fully saturated rings. The quantitative estimate of drug-likeness (QED) is 0.898. The van der Waals surface area contributed by atoms with E-state index in [0.717, 1.165) is 38.5 Å². The summed E-state index contributed by atoms with van der Waals surface area (Å²) in [7, 11) is 0. The molecule has 1 aliphatic heterocycles. The Balaban J connectivity index is 1.91. The normalized spacial score (nSPS) is 16.7. The molecule has 2 aromatic rings. The van der Waals surface area contributed by atoms with Crippen molar-refractivity contribution in [3.63, 3.8) is 0 Å². The zero-order valence-electron chi connectivity index (χ0n) is 12.3. The predicted molar refractivity (Wildman–Crippen MR) is 82.4 cm³/mol. The molecule has 0 amide bonds. The second-order valence-electron chi connectivity index (χ2n) is 5.40. The molecule has 1 aromatic carbocycles. The van der Waals surface area contributed by atoms with Gasteiger partial charge < -0.3 is 15.0 Å². The number of fused-ring (bicyclic) bond motifs is 1. The predicted octanol–water partition coefficient (Wildman–Crippen LogP) is 2.28. The van der Waals surface area contributed by atoms with Crippen molar-refractivity contribution >= 4 is 10.9 Å². The molecule has 1 aromatic heterocycles. The molecule has 0 atom stereocenters. The molecule has 108 valence electrons. The Bertz CT molecular complexity index is 585. The molecular weight excluding hydrogens is 250 g/mol. The van der Waals surface area contributed by atoms with Gasteiger partial charge >= 0.3 is 0 Å². The van der Waals surface area contributed by atoms with Gasteiger partial charge in [-0.2, -0.15) is 0 Å². The number of rotatable bonds is 4. The molecule has 0 aliphatic carbocycles. The first-order chi connectivity index (χ1) is 9.78. The molecule has 4 nitrogen and oxygen atoms in total. The van der Waals surface area contributed by atoms with E-state index in [-0.39, 0.29) is 0 Å². The van der Waals surface area contributed by atoms with Crippen molar-refractivity contribution in [1.29, 1.82) is 0 Å². The van der Waals surface area contributed by atoms with E-state index in [0.29, 0.717) is 6.61 Å². The van der Waals surface area contributed by atoms with E-state index in [1.807, 2.05) is 13.0 Å². The van der Waals surface area contributed by atoms with E-state index in [1.165, 1.54) is 22.2 Å². The minimum absolute atomic E-state index is 0.710. The average Bonchev–Trinajstić information content (AvgIpc) is 2.77. The van der Waals surface area contributed by atoms with Crippen LogP contribution in [-0.2, 0) is 6.54 Å². The number of hydrogen-bond acceptors (Lipinski definition) is 3. The second-order valence-corrected chi connectivity index (χ2v) is 5.40. The van der Waals surface area contributed by atoms with E-state index in [1.54, 1.807) is 0 Å². The Morgan fingerprint density at radius 2 is 2.05 bits per heavy atom. The fourth-order valence-electron chi connectivity index (χ4n) is 2.91. The summed E-state index contributed by atoms with van der Waals surface area (Å²) < 4.78 is 5.63. The summed E-state index contributed by atoms with van der Waals surface area (Å²) in [5.41, 5.74) is 3.88. The first-order valence-corrected chi connectivity index (χ1v) is 7.45. The smallest absolute Gasteiger partial charge is 0.120 e. The SMILES string of the molecule is CCOc1ccc2[nH]c(C)c(CN3CCNCC3)c2c1. The van der Waals surface area contributed by atoms with Crippen LogP contribution in [0.5, 0.6) is 5.75 Å². The van der Waals surface area contributed by atoms with Gasteiger partial charge in [-0.3, -0.25) is 4.90 Å². The van der Waals surface area contributed by atoms with Crippen LogP contribution in [-0.4, -0.2) is 42.7 Å². The summed E-state index contributed by atoms with van der Waals surface area (Å²) in [6, 6.07) is 6.32. The monoisotopic (exact) mass is 273 g/mol. The third-order valence-electron chi connectivity index (χ3n) is 3.99. The summed E-state index contributed by atoms with van der Waals surface area (Å²) in [6.45, 7) is 10.3. The molecular formula is C16H23N3O. The van der Waals surface area contributed by atoms with Gasteiger partial charge in [0.15, 0.2) is 0 Å². The summed E-state index contributed by atoms with van der Waals surface area (Å²) in [6.07, 6.45) is 0. The number of ether oxygens (including phenoxy) is 1. The highest BCUT2D eigenvalue weighted by Crippen LogP contribution is 2.27. The lowest BCUT2D eigenvalue weighted by molar-refractivity contribution is 0.233. The van der Waals surface area contributed by atoms with Gasteiger partial charge in [-0.15, -0.1) is 0 Å². The number of piperazine rings is 1. The van der Waals surface area contributed by atoms with E-state index >= 15 is 0 Å². The minimum atomic E-state index is 0.710. The summed E-state index contributed by atoms with van der Waals surface area (Å²) >= 11 is 0. The Labute approximate surface area is 120 Å². The topological polar surface area (TPSA) is 40.3 Å². The number of H-pyrrole nitrogens is 1. The molecule has 0 spiro atoms. The van der Waals surface area contributed by atoms with Crippen LogP contribution < -0.4 is 10.1 Å². The zero-order valence-corrected chi connectivity index (χ0v) is 12.3. The van der Waals surface area contributed by atoms with Crippen molar-refractivity contribution in [2.45, 2.75) is 20.4 Å². The highest BCUT2D eigenvalue weighted by molar-refractivity contribution is 5.86. The van der Waals surface area contributed by atoms with Crippen molar-refractivity contribution in [3.05, 3.63) is 29.5 Å². The van der Waals surface area contributed by atoms with E-state index in [9.17, 15) is 0 Å². The number of aryl methyl sites for hydroxylation is 1. The summed E-state index contributed by atoms with van der Waals surface area (Å²) in [4.78, 5) is 6.00.